The molecule has 5 heteroatoms. The van der Waals surface area contributed by atoms with Crippen molar-refractivity contribution in [1.82, 2.24) is 10.3 Å². The van der Waals surface area contributed by atoms with Crippen LogP contribution < -0.4 is 10.1 Å². The number of fused-ring (bicyclic) bond motifs is 3. The van der Waals surface area contributed by atoms with Crippen LogP contribution in [0.1, 0.15) is 29.8 Å². The number of methoxy groups -OCH3 is 1. The van der Waals surface area contributed by atoms with Crippen LogP contribution in [0.4, 0.5) is 0 Å². The third-order valence-electron chi connectivity index (χ3n) is 4.93. The van der Waals surface area contributed by atoms with Gasteiger partial charge in [0, 0.05) is 23.0 Å². The summed E-state index contributed by atoms with van der Waals surface area (Å²) in [5, 5.41) is 4.63. The number of esters is 1. The first-order chi connectivity index (χ1) is 12.7. The van der Waals surface area contributed by atoms with E-state index in [9.17, 15) is 4.79 Å². The molecule has 0 spiro atoms. The number of aromatic amines is 1. The monoisotopic (exact) mass is 350 g/mol. The Morgan fingerprint density at radius 2 is 1.92 bits per heavy atom. The average Bonchev–Trinajstić information content (AvgIpc) is 3.06. The van der Waals surface area contributed by atoms with E-state index in [4.69, 9.17) is 9.47 Å². The van der Waals surface area contributed by atoms with Crippen molar-refractivity contribution in [3.63, 3.8) is 0 Å². The van der Waals surface area contributed by atoms with Gasteiger partial charge in [-0.25, -0.2) is 0 Å². The number of aromatic nitrogens is 1. The van der Waals surface area contributed by atoms with Crippen molar-refractivity contribution in [3.8, 4) is 5.75 Å². The SMILES string of the molecule is CCOC(=O)[C@H]1Cc2c([nH]c3ccccc23)[C@@H](c2ccc(OC)cc2)N1. The van der Waals surface area contributed by atoms with Gasteiger partial charge in [-0.1, -0.05) is 30.3 Å². The predicted octanol–water partition coefficient (Wildman–Crippen LogP) is 3.34. The molecule has 0 unspecified atom stereocenters. The highest BCUT2D eigenvalue weighted by Gasteiger charge is 2.34. The number of hydrogen-bond donors (Lipinski definition) is 2. The molecule has 0 aliphatic carbocycles. The maximum atomic E-state index is 12.4. The lowest BCUT2D eigenvalue weighted by molar-refractivity contribution is -0.146. The van der Waals surface area contributed by atoms with Gasteiger partial charge in [0.05, 0.1) is 19.8 Å². The van der Waals surface area contributed by atoms with E-state index >= 15 is 0 Å². The number of para-hydroxylation sites is 1. The van der Waals surface area contributed by atoms with Crippen LogP contribution in [-0.2, 0) is 16.0 Å². The van der Waals surface area contributed by atoms with Crippen molar-refractivity contribution in [3.05, 3.63) is 65.4 Å². The molecule has 0 saturated heterocycles. The fourth-order valence-electron chi connectivity index (χ4n) is 3.69. The van der Waals surface area contributed by atoms with Gasteiger partial charge in [0.1, 0.15) is 11.8 Å². The molecule has 1 aliphatic rings. The first kappa shape index (κ1) is 16.7. The van der Waals surface area contributed by atoms with E-state index in [2.05, 4.69) is 22.4 Å². The zero-order valence-electron chi connectivity index (χ0n) is 14.9. The topological polar surface area (TPSA) is 63.4 Å². The van der Waals surface area contributed by atoms with Crippen LogP contribution in [-0.4, -0.2) is 30.7 Å². The van der Waals surface area contributed by atoms with E-state index in [1.165, 1.54) is 5.56 Å². The summed E-state index contributed by atoms with van der Waals surface area (Å²) in [6, 6.07) is 15.7. The molecule has 1 aromatic heterocycles. The zero-order chi connectivity index (χ0) is 18.1. The minimum Gasteiger partial charge on any atom is -0.497 e. The second-order valence-electron chi connectivity index (χ2n) is 6.44. The van der Waals surface area contributed by atoms with Crippen molar-refractivity contribution in [2.75, 3.05) is 13.7 Å². The van der Waals surface area contributed by atoms with Crippen LogP contribution in [0.25, 0.3) is 10.9 Å². The number of carbonyl (C=O) groups is 1. The molecule has 4 rings (SSSR count). The number of benzene rings is 2. The molecular formula is C21H22N2O3. The molecule has 3 aromatic rings. The average molecular weight is 350 g/mol. The van der Waals surface area contributed by atoms with E-state index in [-0.39, 0.29) is 18.1 Å². The summed E-state index contributed by atoms with van der Waals surface area (Å²) in [7, 11) is 1.65. The van der Waals surface area contributed by atoms with Crippen LogP contribution in [0.2, 0.25) is 0 Å². The van der Waals surface area contributed by atoms with Crippen molar-refractivity contribution in [2.45, 2.75) is 25.4 Å². The Morgan fingerprint density at radius 1 is 1.15 bits per heavy atom. The van der Waals surface area contributed by atoms with Gasteiger partial charge >= 0.3 is 5.97 Å². The smallest absolute Gasteiger partial charge is 0.323 e. The van der Waals surface area contributed by atoms with E-state index in [0.29, 0.717) is 13.0 Å². The van der Waals surface area contributed by atoms with E-state index in [0.717, 1.165) is 27.9 Å². The largest absolute Gasteiger partial charge is 0.497 e. The summed E-state index contributed by atoms with van der Waals surface area (Å²) in [6.45, 7) is 2.21. The van der Waals surface area contributed by atoms with Crippen LogP contribution in [0.3, 0.4) is 0 Å². The van der Waals surface area contributed by atoms with Crippen LogP contribution in [0.15, 0.2) is 48.5 Å². The normalized spacial score (nSPS) is 19.2. The highest BCUT2D eigenvalue weighted by atomic mass is 16.5. The quantitative estimate of drug-likeness (QED) is 0.709. The summed E-state index contributed by atoms with van der Waals surface area (Å²) >= 11 is 0. The van der Waals surface area contributed by atoms with Crippen molar-refractivity contribution >= 4 is 16.9 Å². The molecular weight excluding hydrogens is 328 g/mol. The summed E-state index contributed by atoms with van der Waals surface area (Å²) in [6.07, 6.45) is 0.616. The second kappa shape index (κ2) is 6.84. The summed E-state index contributed by atoms with van der Waals surface area (Å²) in [5.74, 6) is 0.602. The van der Waals surface area contributed by atoms with Crippen LogP contribution in [0, 0.1) is 0 Å². The number of carbonyl (C=O) groups excluding carboxylic acids is 1. The molecule has 5 nitrogen and oxygen atoms in total. The van der Waals surface area contributed by atoms with Gasteiger partial charge < -0.3 is 14.5 Å². The predicted molar refractivity (Wildman–Crippen MR) is 100 cm³/mol. The van der Waals surface area contributed by atoms with Crippen LogP contribution in [0.5, 0.6) is 5.75 Å². The third-order valence-corrected chi connectivity index (χ3v) is 4.93. The minimum absolute atomic E-state index is 0.105. The molecule has 134 valence electrons. The Labute approximate surface area is 152 Å². The summed E-state index contributed by atoms with van der Waals surface area (Å²) < 4.78 is 10.5. The van der Waals surface area contributed by atoms with Gasteiger partial charge in [0.15, 0.2) is 0 Å². The second-order valence-corrected chi connectivity index (χ2v) is 6.44. The molecule has 0 amide bonds. The maximum absolute atomic E-state index is 12.4. The molecule has 2 heterocycles. The van der Waals surface area contributed by atoms with Gasteiger partial charge in [-0.3, -0.25) is 10.1 Å². The third kappa shape index (κ3) is 2.84. The Balaban J connectivity index is 1.80. The summed E-state index contributed by atoms with van der Waals surface area (Å²) in [5.41, 5.74) is 4.45. The Morgan fingerprint density at radius 3 is 2.65 bits per heavy atom. The lowest BCUT2D eigenvalue weighted by Gasteiger charge is -2.30. The van der Waals surface area contributed by atoms with Crippen molar-refractivity contribution < 1.29 is 14.3 Å². The molecule has 0 saturated carbocycles. The van der Waals surface area contributed by atoms with Gasteiger partial charge in [0.2, 0.25) is 0 Å². The maximum Gasteiger partial charge on any atom is 0.323 e. The lowest BCUT2D eigenvalue weighted by Crippen LogP contribution is -2.45. The molecule has 2 N–H and O–H groups in total. The fourth-order valence-corrected chi connectivity index (χ4v) is 3.69. The molecule has 0 radical (unpaired) electrons. The molecule has 2 aromatic carbocycles. The minimum atomic E-state index is -0.367. The summed E-state index contributed by atoms with van der Waals surface area (Å²) in [4.78, 5) is 16.0. The Kier molecular flexibility index (Phi) is 4.39. The fraction of sp³-hybridized carbons (Fsp3) is 0.286. The highest BCUT2D eigenvalue weighted by Crippen LogP contribution is 2.35. The van der Waals surface area contributed by atoms with E-state index < -0.39 is 0 Å². The zero-order valence-corrected chi connectivity index (χ0v) is 14.9. The van der Waals surface area contributed by atoms with Crippen molar-refractivity contribution in [2.24, 2.45) is 0 Å². The number of H-pyrrole nitrogens is 1. The van der Waals surface area contributed by atoms with Gasteiger partial charge in [0.25, 0.3) is 0 Å². The van der Waals surface area contributed by atoms with E-state index in [1.807, 2.05) is 43.3 Å². The van der Waals surface area contributed by atoms with E-state index in [1.54, 1.807) is 7.11 Å². The first-order valence-electron chi connectivity index (χ1n) is 8.87. The molecule has 2 atom stereocenters. The Bertz CT molecular complexity index is 930. The number of nitrogens with one attached hydrogen (secondary N) is 2. The van der Waals surface area contributed by atoms with Gasteiger partial charge in [-0.05, 0) is 36.2 Å². The number of ether oxygens (including phenoxy) is 2. The number of hydrogen-bond acceptors (Lipinski definition) is 4. The first-order valence-corrected chi connectivity index (χ1v) is 8.87. The van der Waals surface area contributed by atoms with Crippen LogP contribution >= 0.6 is 0 Å². The molecule has 0 fully saturated rings. The molecule has 26 heavy (non-hydrogen) atoms. The van der Waals surface area contributed by atoms with Gasteiger partial charge in [-0.15, -0.1) is 0 Å². The standard InChI is InChI=1S/C21H22N2O3/c1-3-26-21(24)18-12-16-15-6-4-5-7-17(15)22-20(16)19(23-18)13-8-10-14(25-2)11-9-13/h4-11,18-19,22-23H,3,12H2,1-2H3/t18-,19-/m1/s1. The molecule has 0 bridgehead atoms. The molecule has 1 aliphatic heterocycles. The number of rotatable bonds is 4. The highest BCUT2D eigenvalue weighted by molar-refractivity contribution is 5.87. The Hall–Kier alpha value is -2.79. The van der Waals surface area contributed by atoms with Gasteiger partial charge in [-0.2, -0.15) is 0 Å². The lowest BCUT2D eigenvalue weighted by atomic mass is 9.90. The van der Waals surface area contributed by atoms with Crippen molar-refractivity contribution in [1.29, 1.82) is 0 Å².